The number of hydrogen-bond donors (Lipinski definition) is 0. The van der Waals surface area contributed by atoms with E-state index in [9.17, 15) is 4.79 Å². The first-order valence-electron chi connectivity index (χ1n) is 7.19. The average molecular weight is 318 g/mol. The monoisotopic (exact) mass is 317 g/mol. The first kappa shape index (κ1) is 16.4. The fourth-order valence-corrected chi connectivity index (χ4v) is 2.41. The van der Waals surface area contributed by atoms with Crippen LogP contribution < -0.4 is 4.74 Å². The van der Waals surface area contributed by atoms with E-state index >= 15 is 0 Å². The minimum absolute atomic E-state index is 0.0820. The van der Waals surface area contributed by atoms with Crippen LogP contribution in [0, 0.1) is 6.92 Å². The van der Waals surface area contributed by atoms with Gasteiger partial charge in [0.2, 0.25) is 0 Å². The van der Waals surface area contributed by atoms with E-state index in [-0.39, 0.29) is 5.91 Å². The number of hydrogen-bond acceptors (Lipinski definition) is 2. The van der Waals surface area contributed by atoms with Gasteiger partial charge in [0.05, 0.1) is 0 Å². The van der Waals surface area contributed by atoms with Gasteiger partial charge in [0, 0.05) is 18.6 Å². The molecule has 1 atom stereocenters. The lowest BCUT2D eigenvalue weighted by Crippen LogP contribution is -2.37. The predicted molar refractivity (Wildman–Crippen MR) is 89.2 cm³/mol. The molecule has 22 heavy (non-hydrogen) atoms. The summed E-state index contributed by atoms with van der Waals surface area (Å²) in [6.45, 7) is 4.21. The maximum absolute atomic E-state index is 12.4. The number of amides is 1. The van der Waals surface area contributed by atoms with Crippen molar-refractivity contribution >= 4 is 17.5 Å². The number of nitrogens with zero attached hydrogens (tertiary/aromatic N) is 1. The Balaban J connectivity index is 1.99. The van der Waals surface area contributed by atoms with E-state index in [4.69, 9.17) is 16.3 Å². The fraction of sp³-hybridized carbons (Fsp3) is 0.278. The molecule has 2 aromatic carbocycles. The van der Waals surface area contributed by atoms with Crippen LogP contribution in [0.1, 0.15) is 18.1 Å². The van der Waals surface area contributed by atoms with Gasteiger partial charge in [0.25, 0.3) is 5.91 Å². The highest BCUT2D eigenvalue weighted by Gasteiger charge is 2.20. The summed E-state index contributed by atoms with van der Waals surface area (Å²) in [4.78, 5) is 14.0. The second-order valence-electron chi connectivity index (χ2n) is 5.36. The van der Waals surface area contributed by atoms with E-state index in [1.54, 1.807) is 18.9 Å². The van der Waals surface area contributed by atoms with Crippen LogP contribution in [0.15, 0.2) is 48.5 Å². The molecular weight excluding hydrogens is 298 g/mol. The van der Waals surface area contributed by atoms with Gasteiger partial charge < -0.3 is 9.64 Å². The van der Waals surface area contributed by atoms with Crippen molar-refractivity contribution in [2.75, 3.05) is 7.05 Å². The summed E-state index contributed by atoms with van der Waals surface area (Å²) < 4.78 is 5.72. The van der Waals surface area contributed by atoms with Crippen molar-refractivity contribution in [3.05, 3.63) is 64.7 Å². The molecule has 4 heteroatoms. The molecular formula is C18H20ClNO2. The topological polar surface area (TPSA) is 29.5 Å². The Labute approximate surface area is 136 Å². The Bertz CT molecular complexity index is 657. The van der Waals surface area contributed by atoms with Crippen LogP contribution in [0.5, 0.6) is 5.75 Å². The third-order valence-electron chi connectivity index (χ3n) is 3.39. The zero-order chi connectivity index (χ0) is 16.1. The second-order valence-corrected chi connectivity index (χ2v) is 5.77. The van der Waals surface area contributed by atoms with Gasteiger partial charge in [-0.25, -0.2) is 0 Å². The van der Waals surface area contributed by atoms with Gasteiger partial charge in [0.15, 0.2) is 6.10 Å². The first-order valence-corrected chi connectivity index (χ1v) is 7.57. The van der Waals surface area contributed by atoms with Crippen LogP contribution in [0.25, 0.3) is 0 Å². The van der Waals surface area contributed by atoms with E-state index in [0.29, 0.717) is 17.3 Å². The number of rotatable bonds is 5. The molecule has 0 heterocycles. The highest BCUT2D eigenvalue weighted by atomic mass is 35.5. The Hall–Kier alpha value is -2.00. The van der Waals surface area contributed by atoms with Gasteiger partial charge >= 0.3 is 0 Å². The SMILES string of the molecule is Cc1cccc(OC(C)C(=O)N(C)Cc2ccccc2Cl)c1. The van der Waals surface area contributed by atoms with E-state index in [1.807, 2.05) is 55.5 Å². The molecule has 0 radical (unpaired) electrons. The lowest BCUT2D eigenvalue weighted by molar-refractivity contribution is -0.137. The van der Waals surface area contributed by atoms with E-state index in [1.165, 1.54) is 0 Å². The Kier molecular flexibility index (Phi) is 5.45. The second kappa shape index (κ2) is 7.32. The highest BCUT2D eigenvalue weighted by Crippen LogP contribution is 2.18. The summed E-state index contributed by atoms with van der Waals surface area (Å²) in [5, 5.41) is 0.661. The molecule has 1 unspecified atom stereocenters. The molecule has 0 saturated heterocycles. The molecule has 0 N–H and O–H groups in total. The van der Waals surface area contributed by atoms with Crippen LogP contribution >= 0.6 is 11.6 Å². The van der Waals surface area contributed by atoms with Crippen molar-refractivity contribution in [3.8, 4) is 5.75 Å². The minimum Gasteiger partial charge on any atom is -0.481 e. The van der Waals surface area contributed by atoms with Gasteiger partial charge in [-0.2, -0.15) is 0 Å². The summed E-state index contributed by atoms with van der Waals surface area (Å²) in [7, 11) is 1.75. The van der Waals surface area contributed by atoms with Crippen molar-refractivity contribution in [1.29, 1.82) is 0 Å². The molecule has 2 aromatic rings. The smallest absolute Gasteiger partial charge is 0.263 e. The number of ether oxygens (including phenoxy) is 1. The number of halogens is 1. The van der Waals surface area contributed by atoms with Crippen LogP contribution in [-0.2, 0) is 11.3 Å². The number of benzene rings is 2. The lowest BCUT2D eigenvalue weighted by Gasteiger charge is -2.22. The van der Waals surface area contributed by atoms with Crippen molar-refractivity contribution < 1.29 is 9.53 Å². The molecule has 0 bridgehead atoms. The van der Waals surface area contributed by atoms with Crippen LogP contribution in [0.2, 0.25) is 5.02 Å². The zero-order valence-electron chi connectivity index (χ0n) is 13.0. The Morgan fingerprint density at radius 2 is 1.95 bits per heavy atom. The summed E-state index contributed by atoms with van der Waals surface area (Å²) in [5.41, 5.74) is 2.02. The average Bonchev–Trinajstić information content (AvgIpc) is 2.48. The maximum Gasteiger partial charge on any atom is 0.263 e. The van der Waals surface area contributed by atoms with E-state index in [0.717, 1.165) is 11.1 Å². The van der Waals surface area contributed by atoms with Gasteiger partial charge in [-0.3, -0.25) is 4.79 Å². The molecule has 0 saturated carbocycles. The molecule has 116 valence electrons. The molecule has 1 amide bonds. The van der Waals surface area contributed by atoms with Crippen molar-refractivity contribution in [1.82, 2.24) is 4.90 Å². The molecule has 2 rings (SSSR count). The normalized spacial score (nSPS) is 11.8. The molecule has 0 aliphatic rings. The van der Waals surface area contributed by atoms with Crippen molar-refractivity contribution in [2.45, 2.75) is 26.5 Å². The molecule has 0 aliphatic carbocycles. The van der Waals surface area contributed by atoms with Gasteiger partial charge in [-0.15, -0.1) is 0 Å². The van der Waals surface area contributed by atoms with Gasteiger partial charge in [0.1, 0.15) is 5.75 Å². The summed E-state index contributed by atoms with van der Waals surface area (Å²) in [5.74, 6) is 0.619. The largest absolute Gasteiger partial charge is 0.481 e. The maximum atomic E-state index is 12.4. The third kappa shape index (κ3) is 4.25. The first-order chi connectivity index (χ1) is 10.5. The molecule has 0 aromatic heterocycles. The Morgan fingerprint density at radius 1 is 1.23 bits per heavy atom. The standard InChI is InChI=1S/C18H20ClNO2/c1-13-7-6-9-16(11-13)22-14(2)18(21)20(3)12-15-8-4-5-10-17(15)19/h4-11,14H,12H2,1-3H3. The molecule has 0 spiro atoms. The predicted octanol–water partition coefficient (Wildman–Crippen LogP) is 4.07. The molecule has 0 aliphatic heterocycles. The molecule has 0 fully saturated rings. The summed E-state index contributed by atoms with van der Waals surface area (Å²) in [6.07, 6.45) is -0.547. The fourth-order valence-electron chi connectivity index (χ4n) is 2.21. The van der Waals surface area contributed by atoms with Crippen LogP contribution in [0.4, 0.5) is 0 Å². The molecule has 3 nitrogen and oxygen atoms in total. The summed E-state index contributed by atoms with van der Waals surface area (Å²) >= 11 is 6.13. The van der Waals surface area contributed by atoms with Gasteiger partial charge in [-0.1, -0.05) is 41.9 Å². The number of likely N-dealkylation sites (N-methyl/N-ethyl adjacent to an activating group) is 1. The van der Waals surface area contributed by atoms with Crippen LogP contribution in [0.3, 0.4) is 0 Å². The van der Waals surface area contributed by atoms with Crippen molar-refractivity contribution in [3.63, 3.8) is 0 Å². The lowest BCUT2D eigenvalue weighted by atomic mass is 10.2. The number of carbonyl (C=O) groups excluding carboxylic acids is 1. The number of aryl methyl sites for hydroxylation is 1. The van der Waals surface area contributed by atoms with E-state index in [2.05, 4.69) is 0 Å². The Morgan fingerprint density at radius 3 is 2.64 bits per heavy atom. The third-order valence-corrected chi connectivity index (χ3v) is 3.76. The number of carbonyl (C=O) groups is 1. The zero-order valence-corrected chi connectivity index (χ0v) is 13.8. The van der Waals surface area contributed by atoms with Crippen LogP contribution in [-0.4, -0.2) is 24.0 Å². The van der Waals surface area contributed by atoms with Crippen molar-refractivity contribution in [2.24, 2.45) is 0 Å². The van der Waals surface area contributed by atoms with E-state index < -0.39 is 6.10 Å². The minimum atomic E-state index is -0.547. The van der Waals surface area contributed by atoms with Gasteiger partial charge in [-0.05, 0) is 43.2 Å². The summed E-state index contributed by atoms with van der Waals surface area (Å²) in [6, 6.07) is 15.2. The highest BCUT2D eigenvalue weighted by molar-refractivity contribution is 6.31. The quantitative estimate of drug-likeness (QED) is 0.831.